The number of benzene rings is 3. The Morgan fingerprint density at radius 1 is 0.519 bits per heavy atom. The van der Waals surface area contributed by atoms with Crippen LogP contribution in [0.25, 0.3) is 0 Å². The number of hydrogen-bond acceptors (Lipinski definition) is 2. The summed E-state index contributed by atoms with van der Waals surface area (Å²) in [6.45, 7) is 15.5. The molecule has 4 aliphatic rings. The molecule has 52 heavy (non-hydrogen) atoms. The Balaban J connectivity index is 0.000000248. The Morgan fingerprint density at radius 2 is 0.865 bits per heavy atom. The summed E-state index contributed by atoms with van der Waals surface area (Å²) in [6.07, 6.45) is 23.6. The molecule has 6 heteroatoms. The first kappa shape index (κ1) is 43.7. The number of hydrogen-bond donors (Lipinski definition) is 0. The van der Waals surface area contributed by atoms with E-state index < -0.39 is 0 Å². The van der Waals surface area contributed by atoms with Crippen LogP contribution >= 0.6 is 41.9 Å². The van der Waals surface area contributed by atoms with E-state index in [1.807, 2.05) is 0 Å². The van der Waals surface area contributed by atoms with E-state index >= 15 is 0 Å². The van der Waals surface area contributed by atoms with Gasteiger partial charge in [-0.3, -0.25) is 0 Å². The number of anilines is 2. The predicted molar refractivity (Wildman–Crippen MR) is 241 cm³/mol. The van der Waals surface area contributed by atoms with Crippen molar-refractivity contribution < 1.29 is 16.2 Å². The summed E-state index contributed by atoms with van der Waals surface area (Å²) < 4.78 is 3.91. The molecule has 3 aliphatic carbocycles. The zero-order valence-electron chi connectivity index (χ0n) is 33.0. The van der Waals surface area contributed by atoms with E-state index in [2.05, 4.69) is 111 Å². The second kappa shape index (κ2) is 21.4. The van der Waals surface area contributed by atoms with Gasteiger partial charge in [0.2, 0.25) is 0 Å². The molecule has 1 heterocycles. The van der Waals surface area contributed by atoms with E-state index in [0.29, 0.717) is 7.92 Å². The van der Waals surface area contributed by atoms with Crippen LogP contribution < -0.4 is 9.80 Å². The maximum atomic E-state index is 2.60. The van der Waals surface area contributed by atoms with Crippen LogP contribution in [0, 0.1) is 41.5 Å². The molecule has 3 aromatic rings. The second-order valence-corrected chi connectivity index (χ2v) is 20.9. The average Bonchev–Trinajstić information content (AvgIpc) is 3.51. The van der Waals surface area contributed by atoms with E-state index in [9.17, 15) is 0 Å². The molecule has 3 aromatic carbocycles. The van der Waals surface area contributed by atoms with Crippen molar-refractivity contribution in [1.82, 2.24) is 0 Å². The topological polar surface area (TPSA) is 6.48 Å². The molecule has 4 fully saturated rings. The van der Waals surface area contributed by atoms with Gasteiger partial charge in [0.05, 0.1) is 0 Å². The molecule has 0 aromatic heterocycles. The summed E-state index contributed by atoms with van der Waals surface area (Å²) in [5.74, 6) is 0. The Bertz CT molecular complexity index is 1480. The van der Waals surface area contributed by atoms with Gasteiger partial charge < -0.3 is 0 Å². The third-order valence-corrected chi connectivity index (χ3v) is 18.1. The molecule has 1 saturated heterocycles. The minimum absolute atomic E-state index is 0. The van der Waals surface area contributed by atoms with Gasteiger partial charge in [0.15, 0.2) is 0 Å². The first-order valence-electron chi connectivity index (χ1n) is 20.1. The molecule has 288 valence electrons. The fourth-order valence-electron chi connectivity index (χ4n) is 9.89. The van der Waals surface area contributed by atoms with Gasteiger partial charge in [-0.15, -0.1) is 34.0 Å². The van der Waals surface area contributed by atoms with E-state index in [-0.39, 0.29) is 50.2 Å². The fourth-order valence-corrected chi connectivity index (χ4v) is 16.7. The van der Waals surface area contributed by atoms with Crippen molar-refractivity contribution in [2.24, 2.45) is 0 Å². The van der Waals surface area contributed by atoms with Crippen molar-refractivity contribution in [2.45, 2.75) is 155 Å². The summed E-state index contributed by atoms with van der Waals surface area (Å²) in [7, 11) is 0.385. The van der Waals surface area contributed by atoms with Crippen LogP contribution in [-0.4, -0.2) is 39.0 Å². The SMILES string of the molecule is Br.Br.C1CCC(P(C2CCCCC2)C2CCCCC2)CC1.Cc1cc(C)c(N2CCN(c3c(C)cc(C)cc3C)[C]2=[Ru]=[CH]c2ccccc2)c(C)c1. The normalized spacial score (nSPS) is 18.8. The van der Waals surface area contributed by atoms with Crippen LogP contribution in [0.3, 0.4) is 0 Å². The average molecular weight is 940 g/mol. The minimum atomic E-state index is -0.0911. The number of halogens is 2. The van der Waals surface area contributed by atoms with E-state index in [1.165, 1.54) is 90.9 Å². The first-order chi connectivity index (χ1) is 24.3. The fraction of sp³-hybridized carbons (Fsp3) is 0.565. The first-order valence-corrected chi connectivity index (χ1v) is 23.6. The van der Waals surface area contributed by atoms with Gasteiger partial charge in [-0.25, -0.2) is 0 Å². The molecule has 0 radical (unpaired) electrons. The van der Waals surface area contributed by atoms with Crippen LogP contribution in [0.1, 0.15) is 135 Å². The Kier molecular flexibility index (Phi) is 18.0. The number of nitrogens with zero attached hydrogens (tertiary/aromatic N) is 2. The van der Waals surface area contributed by atoms with Crippen LogP contribution in [0.15, 0.2) is 54.6 Å². The zero-order chi connectivity index (χ0) is 35.0. The van der Waals surface area contributed by atoms with Crippen LogP contribution in [0.4, 0.5) is 11.4 Å². The van der Waals surface area contributed by atoms with Gasteiger partial charge in [-0.05, 0) is 55.5 Å². The Labute approximate surface area is 347 Å². The van der Waals surface area contributed by atoms with Crippen molar-refractivity contribution in [3.63, 3.8) is 0 Å². The standard InChI is InChI=1S/C21H26N2.C18H33P.C7H6.2BrH.Ru/c1-14-9-16(3)20(17(4)10-14)22-7-8-23(13-22)21-18(5)11-15(2)12-19(21)6;1-4-10-16(11-5-1)19(17-12-6-2-7-13-17)18-14-8-3-9-15-18;1-7-5-3-2-4-6-7;;;/h9-12H,7-8H2,1-6H3;16-18H,1-15H2;1-6H;2*1H;. The molecular formula is C46H67Br2N2PRu. The molecule has 0 spiro atoms. The summed E-state index contributed by atoms with van der Waals surface area (Å²) in [5.41, 5.74) is 15.8. The summed E-state index contributed by atoms with van der Waals surface area (Å²) in [4.78, 5) is 5.20. The van der Waals surface area contributed by atoms with E-state index in [4.69, 9.17) is 0 Å². The monoisotopic (exact) mass is 938 g/mol. The van der Waals surface area contributed by atoms with Crippen LogP contribution in [0.5, 0.6) is 0 Å². The van der Waals surface area contributed by atoms with Gasteiger partial charge in [-0.1, -0.05) is 65.7 Å². The molecular weight excluding hydrogens is 872 g/mol. The van der Waals surface area contributed by atoms with Crippen molar-refractivity contribution in [2.75, 3.05) is 22.9 Å². The van der Waals surface area contributed by atoms with E-state index in [1.54, 1.807) is 77.0 Å². The molecule has 0 unspecified atom stereocenters. The van der Waals surface area contributed by atoms with Crippen molar-refractivity contribution in [3.05, 3.63) is 93.5 Å². The van der Waals surface area contributed by atoms with Gasteiger partial charge in [0.1, 0.15) is 0 Å². The van der Waals surface area contributed by atoms with Crippen LogP contribution in [-0.2, 0) is 16.2 Å². The van der Waals surface area contributed by atoms with Gasteiger partial charge in [-0.2, -0.15) is 0 Å². The third kappa shape index (κ3) is 11.1. The predicted octanol–water partition coefficient (Wildman–Crippen LogP) is 13.5. The molecule has 7 rings (SSSR count). The van der Waals surface area contributed by atoms with Crippen molar-refractivity contribution in [1.29, 1.82) is 0 Å². The molecule has 0 amide bonds. The molecule has 2 nitrogen and oxygen atoms in total. The summed E-state index contributed by atoms with van der Waals surface area (Å²) in [6, 6.07) is 20.1. The summed E-state index contributed by atoms with van der Waals surface area (Å²) >= 11 is -0.0911. The maximum absolute atomic E-state index is 2.60. The van der Waals surface area contributed by atoms with Gasteiger partial charge in [0.25, 0.3) is 0 Å². The van der Waals surface area contributed by atoms with Crippen LogP contribution in [0.2, 0.25) is 0 Å². The van der Waals surface area contributed by atoms with Crippen molar-refractivity contribution in [3.8, 4) is 0 Å². The van der Waals surface area contributed by atoms with Gasteiger partial charge >= 0.3 is 195 Å². The molecule has 1 aliphatic heterocycles. The van der Waals surface area contributed by atoms with Gasteiger partial charge in [0, 0.05) is 0 Å². The zero-order valence-corrected chi connectivity index (χ0v) is 39.1. The number of rotatable bonds is 6. The molecule has 3 saturated carbocycles. The van der Waals surface area contributed by atoms with Crippen molar-refractivity contribution >= 4 is 62.2 Å². The Morgan fingerprint density at radius 3 is 1.21 bits per heavy atom. The number of aryl methyl sites for hydroxylation is 6. The molecule has 0 atom stereocenters. The molecule has 0 bridgehead atoms. The second-order valence-electron chi connectivity index (χ2n) is 16.0. The Hall–Kier alpha value is -0.987. The third-order valence-electron chi connectivity index (χ3n) is 11.8. The quantitative estimate of drug-likeness (QED) is 0.179. The molecule has 0 N–H and O–H groups in total. The summed E-state index contributed by atoms with van der Waals surface area (Å²) in [5, 5.41) is 0. The van der Waals surface area contributed by atoms with E-state index in [0.717, 1.165) is 13.1 Å².